The number of likely N-dealkylation sites (N-methyl/N-ethyl adjacent to an activating group) is 1. The number of hydrogen-bond acceptors (Lipinski definition) is 4. The van der Waals surface area contributed by atoms with Crippen LogP contribution in [0.2, 0.25) is 0 Å². The Balaban J connectivity index is 0.00000112. The van der Waals surface area contributed by atoms with Crippen LogP contribution in [0.15, 0.2) is 0 Å². The highest BCUT2D eigenvalue weighted by Crippen LogP contribution is 2.28. The standard InChI is InChI=1S/C9H16N4O.2ClH/c1-6-11-9(13-12-6)7-3-4-14-8(7)5-10-2;;/h7-8,10H,3-5H2,1-2H3,(H,11,12,13);2*1H. The van der Waals surface area contributed by atoms with Gasteiger partial charge in [-0.2, -0.15) is 5.10 Å². The zero-order chi connectivity index (χ0) is 9.97. The minimum atomic E-state index is 0. The minimum Gasteiger partial charge on any atom is -0.376 e. The van der Waals surface area contributed by atoms with Gasteiger partial charge in [0.25, 0.3) is 0 Å². The molecule has 1 aromatic heterocycles. The smallest absolute Gasteiger partial charge is 0.156 e. The second-order valence-electron chi connectivity index (χ2n) is 3.64. The Bertz CT molecular complexity index is 307. The summed E-state index contributed by atoms with van der Waals surface area (Å²) in [5, 5.41) is 10.2. The molecule has 94 valence electrons. The predicted molar refractivity (Wildman–Crippen MR) is 66.6 cm³/mol. The number of halogens is 2. The van der Waals surface area contributed by atoms with Crippen molar-refractivity contribution in [1.29, 1.82) is 0 Å². The second kappa shape index (κ2) is 7.06. The molecule has 0 amide bonds. The van der Waals surface area contributed by atoms with Gasteiger partial charge in [-0.3, -0.25) is 5.10 Å². The van der Waals surface area contributed by atoms with Crippen LogP contribution in [0.4, 0.5) is 0 Å². The molecule has 1 saturated heterocycles. The van der Waals surface area contributed by atoms with E-state index in [0.717, 1.165) is 31.2 Å². The van der Waals surface area contributed by atoms with E-state index in [0.29, 0.717) is 5.92 Å². The van der Waals surface area contributed by atoms with Crippen molar-refractivity contribution in [3.63, 3.8) is 0 Å². The monoisotopic (exact) mass is 268 g/mol. The first-order chi connectivity index (χ1) is 6.81. The quantitative estimate of drug-likeness (QED) is 0.861. The minimum absolute atomic E-state index is 0. The number of H-pyrrole nitrogens is 1. The van der Waals surface area contributed by atoms with Gasteiger partial charge in [0.1, 0.15) is 5.82 Å². The molecule has 1 fully saturated rings. The molecule has 1 aliphatic rings. The van der Waals surface area contributed by atoms with Gasteiger partial charge in [0.2, 0.25) is 0 Å². The molecular formula is C9H18Cl2N4O. The Morgan fingerprint density at radius 1 is 1.50 bits per heavy atom. The summed E-state index contributed by atoms with van der Waals surface area (Å²) in [6.07, 6.45) is 1.24. The number of nitrogens with zero attached hydrogens (tertiary/aromatic N) is 2. The zero-order valence-electron chi connectivity index (χ0n) is 9.40. The highest BCUT2D eigenvalue weighted by atomic mass is 35.5. The first kappa shape index (κ1) is 15.6. The average molecular weight is 269 g/mol. The van der Waals surface area contributed by atoms with Crippen LogP contribution >= 0.6 is 24.8 Å². The lowest BCUT2D eigenvalue weighted by molar-refractivity contribution is 0.103. The van der Waals surface area contributed by atoms with E-state index < -0.39 is 0 Å². The molecule has 2 unspecified atom stereocenters. The first-order valence-electron chi connectivity index (χ1n) is 4.96. The summed E-state index contributed by atoms with van der Waals surface area (Å²) in [6, 6.07) is 0. The van der Waals surface area contributed by atoms with Crippen molar-refractivity contribution in [3.8, 4) is 0 Å². The largest absolute Gasteiger partial charge is 0.376 e. The number of rotatable bonds is 3. The molecule has 0 bridgehead atoms. The van der Waals surface area contributed by atoms with E-state index in [1.165, 1.54) is 0 Å². The zero-order valence-corrected chi connectivity index (χ0v) is 11.0. The summed E-state index contributed by atoms with van der Waals surface area (Å²) in [4.78, 5) is 4.35. The van der Waals surface area contributed by atoms with E-state index in [4.69, 9.17) is 4.74 Å². The lowest BCUT2D eigenvalue weighted by atomic mass is 10.0. The highest BCUT2D eigenvalue weighted by Gasteiger charge is 2.31. The molecule has 5 nitrogen and oxygen atoms in total. The van der Waals surface area contributed by atoms with Gasteiger partial charge in [0.15, 0.2) is 5.82 Å². The number of hydrogen-bond donors (Lipinski definition) is 2. The molecule has 2 heterocycles. The fourth-order valence-electron chi connectivity index (χ4n) is 1.87. The molecule has 1 aliphatic heterocycles. The van der Waals surface area contributed by atoms with E-state index in [9.17, 15) is 0 Å². The molecule has 16 heavy (non-hydrogen) atoms. The van der Waals surface area contributed by atoms with Crippen molar-refractivity contribution >= 4 is 24.8 Å². The molecule has 0 aliphatic carbocycles. The number of aryl methyl sites for hydroxylation is 1. The lowest BCUT2D eigenvalue weighted by Gasteiger charge is -2.14. The van der Waals surface area contributed by atoms with Crippen LogP contribution in [-0.2, 0) is 4.74 Å². The predicted octanol–water partition coefficient (Wildman–Crippen LogP) is 1.05. The summed E-state index contributed by atoms with van der Waals surface area (Å²) in [5.74, 6) is 2.10. The molecule has 2 rings (SSSR count). The molecule has 1 aromatic rings. The maximum absolute atomic E-state index is 5.61. The molecule has 0 saturated carbocycles. The summed E-state index contributed by atoms with van der Waals surface area (Å²) >= 11 is 0. The fraction of sp³-hybridized carbons (Fsp3) is 0.778. The second-order valence-corrected chi connectivity index (χ2v) is 3.64. The van der Waals surface area contributed by atoms with Gasteiger partial charge < -0.3 is 10.1 Å². The highest BCUT2D eigenvalue weighted by molar-refractivity contribution is 5.85. The van der Waals surface area contributed by atoms with Crippen molar-refractivity contribution < 1.29 is 4.74 Å². The van der Waals surface area contributed by atoms with E-state index in [2.05, 4.69) is 20.5 Å². The Morgan fingerprint density at radius 3 is 2.81 bits per heavy atom. The summed E-state index contributed by atoms with van der Waals surface area (Å²) < 4.78 is 5.61. The van der Waals surface area contributed by atoms with E-state index in [-0.39, 0.29) is 30.9 Å². The lowest BCUT2D eigenvalue weighted by Crippen LogP contribution is -2.28. The molecule has 2 N–H and O–H groups in total. The number of aromatic nitrogens is 3. The van der Waals surface area contributed by atoms with Gasteiger partial charge in [-0.05, 0) is 20.4 Å². The maximum atomic E-state index is 5.61. The Labute approximate surface area is 108 Å². The number of aromatic amines is 1. The third-order valence-electron chi connectivity index (χ3n) is 2.56. The molecular weight excluding hydrogens is 251 g/mol. The van der Waals surface area contributed by atoms with Crippen LogP contribution in [0, 0.1) is 6.92 Å². The van der Waals surface area contributed by atoms with Crippen LogP contribution in [0.5, 0.6) is 0 Å². The number of nitrogens with one attached hydrogen (secondary N) is 2. The SMILES string of the molecule is CNCC1OCCC1c1n[nH]c(C)n1.Cl.Cl. The normalized spacial score (nSPS) is 23.6. The molecule has 0 spiro atoms. The third-order valence-corrected chi connectivity index (χ3v) is 2.56. The maximum Gasteiger partial charge on any atom is 0.156 e. The average Bonchev–Trinajstić information content (AvgIpc) is 2.74. The van der Waals surface area contributed by atoms with Gasteiger partial charge >= 0.3 is 0 Å². The fourth-order valence-corrected chi connectivity index (χ4v) is 1.87. The van der Waals surface area contributed by atoms with Gasteiger partial charge in [-0.15, -0.1) is 24.8 Å². The summed E-state index contributed by atoms with van der Waals surface area (Å²) in [6.45, 7) is 3.59. The Morgan fingerprint density at radius 2 is 2.25 bits per heavy atom. The summed E-state index contributed by atoms with van der Waals surface area (Å²) in [7, 11) is 1.93. The van der Waals surface area contributed by atoms with Crippen LogP contribution in [0.25, 0.3) is 0 Å². The van der Waals surface area contributed by atoms with Gasteiger partial charge in [0, 0.05) is 13.2 Å². The molecule has 0 radical (unpaired) electrons. The summed E-state index contributed by atoms with van der Waals surface area (Å²) in [5.41, 5.74) is 0. The third kappa shape index (κ3) is 3.31. The first-order valence-corrected chi connectivity index (χ1v) is 4.96. The van der Waals surface area contributed by atoms with Crippen molar-refractivity contribution in [1.82, 2.24) is 20.5 Å². The number of ether oxygens (including phenoxy) is 1. The Kier molecular flexibility index (Phi) is 6.90. The van der Waals surface area contributed by atoms with Gasteiger partial charge in [0.05, 0.1) is 12.0 Å². The van der Waals surface area contributed by atoms with Crippen molar-refractivity contribution in [2.45, 2.75) is 25.4 Å². The van der Waals surface area contributed by atoms with Gasteiger partial charge in [-0.1, -0.05) is 0 Å². The Hall–Kier alpha value is -0.360. The van der Waals surface area contributed by atoms with E-state index in [1.54, 1.807) is 0 Å². The van der Waals surface area contributed by atoms with Crippen LogP contribution in [0.1, 0.15) is 24.0 Å². The van der Waals surface area contributed by atoms with Crippen molar-refractivity contribution in [3.05, 3.63) is 11.6 Å². The van der Waals surface area contributed by atoms with Crippen LogP contribution in [-0.4, -0.2) is 41.5 Å². The van der Waals surface area contributed by atoms with Crippen molar-refractivity contribution in [2.75, 3.05) is 20.2 Å². The topological polar surface area (TPSA) is 62.8 Å². The molecule has 7 heteroatoms. The van der Waals surface area contributed by atoms with E-state index >= 15 is 0 Å². The molecule has 2 atom stereocenters. The van der Waals surface area contributed by atoms with Gasteiger partial charge in [-0.25, -0.2) is 4.98 Å². The van der Waals surface area contributed by atoms with Crippen molar-refractivity contribution in [2.24, 2.45) is 0 Å². The van der Waals surface area contributed by atoms with Crippen LogP contribution < -0.4 is 5.32 Å². The van der Waals surface area contributed by atoms with E-state index in [1.807, 2.05) is 14.0 Å². The van der Waals surface area contributed by atoms with Crippen LogP contribution in [0.3, 0.4) is 0 Å². The molecule has 0 aromatic carbocycles.